The summed E-state index contributed by atoms with van der Waals surface area (Å²) in [5.41, 5.74) is 3.11. The number of allylic oxidation sites excluding steroid dienone is 1. The Morgan fingerprint density at radius 3 is 2.76 bits per heavy atom. The summed E-state index contributed by atoms with van der Waals surface area (Å²) in [7, 11) is 0. The molecule has 0 unspecified atom stereocenters. The molecule has 1 atom stereocenters. The first-order valence-corrected chi connectivity index (χ1v) is 11.5. The van der Waals surface area contributed by atoms with Gasteiger partial charge in [0.1, 0.15) is 6.04 Å². The van der Waals surface area contributed by atoms with Gasteiger partial charge in [-0.3, -0.25) is 0 Å². The van der Waals surface area contributed by atoms with Crippen LogP contribution in [0.5, 0.6) is 0 Å². The molecule has 0 amide bonds. The van der Waals surface area contributed by atoms with Crippen molar-refractivity contribution in [2.45, 2.75) is 25.6 Å². The van der Waals surface area contributed by atoms with Crippen LogP contribution in [-0.4, -0.2) is 17.7 Å². The van der Waals surface area contributed by atoms with Gasteiger partial charge in [-0.05, 0) is 49.2 Å². The highest BCUT2D eigenvalue weighted by Crippen LogP contribution is 2.35. The number of carbonyl (C=O) groups excluding carboxylic acids is 1. The summed E-state index contributed by atoms with van der Waals surface area (Å²) in [5.74, 6) is 0.255. The van der Waals surface area contributed by atoms with Gasteiger partial charge in [0, 0.05) is 26.0 Å². The van der Waals surface area contributed by atoms with Crippen molar-refractivity contribution in [3.05, 3.63) is 79.4 Å². The Hall–Kier alpha value is -1.47. The Kier molecular flexibility index (Phi) is 7.68. The Labute approximate surface area is 192 Å². The minimum absolute atomic E-state index is 0.307. The molecule has 4 nitrogen and oxygen atoms in total. The second kappa shape index (κ2) is 10.0. The maximum Gasteiger partial charge on any atom is 0.338 e. The number of thioether (sulfide) groups is 1. The first kappa shape index (κ1) is 22.2. The van der Waals surface area contributed by atoms with Gasteiger partial charge >= 0.3 is 5.97 Å². The molecule has 2 aromatic carbocycles. The summed E-state index contributed by atoms with van der Waals surface area (Å²) in [5, 5.41) is 5.16. The number of ether oxygens (including phenoxy) is 1. The zero-order valence-electron chi connectivity index (χ0n) is 15.8. The zero-order valence-corrected chi connectivity index (χ0v) is 19.8. The molecule has 0 radical (unpaired) electrons. The van der Waals surface area contributed by atoms with Crippen molar-refractivity contribution < 1.29 is 9.53 Å². The van der Waals surface area contributed by atoms with E-state index >= 15 is 0 Å². The lowest BCUT2D eigenvalue weighted by atomic mass is 9.97. The van der Waals surface area contributed by atoms with E-state index in [-0.39, 0.29) is 5.97 Å². The molecular weight excluding hydrogens is 495 g/mol. The number of benzene rings is 2. The molecule has 8 heteroatoms. The van der Waals surface area contributed by atoms with Gasteiger partial charge in [-0.1, -0.05) is 69.1 Å². The summed E-state index contributed by atoms with van der Waals surface area (Å²) in [6.07, 6.45) is 0. The van der Waals surface area contributed by atoms with Crippen LogP contribution in [0.2, 0.25) is 10.0 Å². The third kappa shape index (κ3) is 5.57. The summed E-state index contributed by atoms with van der Waals surface area (Å²) in [4.78, 5) is 17.4. The molecule has 0 spiro atoms. The van der Waals surface area contributed by atoms with Crippen LogP contribution in [0.4, 0.5) is 0 Å². The molecule has 0 bridgehead atoms. The average molecular weight is 514 g/mol. The summed E-state index contributed by atoms with van der Waals surface area (Å²) in [6.45, 7) is 3.96. The predicted molar refractivity (Wildman–Crippen MR) is 125 cm³/mol. The first-order chi connectivity index (χ1) is 13.9. The number of nitrogens with zero attached hydrogens (tertiary/aromatic N) is 1. The van der Waals surface area contributed by atoms with E-state index in [4.69, 9.17) is 32.9 Å². The van der Waals surface area contributed by atoms with Crippen LogP contribution >= 0.6 is 50.9 Å². The number of esters is 1. The molecule has 2 aromatic rings. The van der Waals surface area contributed by atoms with Crippen molar-refractivity contribution in [3.63, 3.8) is 0 Å². The quantitative estimate of drug-likeness (QED) is 0.462. The third-order valence-electron chi connectivity index (χ3n) is 4.26. The molecule has 1 aliphatic heterocycles. The largest absolute Gasteiger partial charge is 0.463 e. The SMILES string of the molecule is CCOC(=O)C1=C(C)NC(SCc2ccc(Cl)cc2Cl)=N[C@@H]1c1cccc(Br)c1. The smallest absolute Gasteiger partial charge is 0.338 e. The zero-order chi connectivity index (χ0) is 21.0. The minimum atomic E-state index is -0.448. The number of halogens is 3. The number of carbonyl (C=O) groups is 1. The number of nitrogens with one attached hydrogen (secondary N) is 1. The molecular formula is C21H19BrCl2N2O2S. The van der Waals surface area contributed by atoms with E-state index in [2.05, 4.69) is 21.2 Å². The Morgan fingerprint density at radius 1 is 1.28 bits per heavy atom. The van der Waals surface area contributed by atoms with E-state index in [1.807, 2.05) is 43.3 Å². The van der Waals surface area contributed by atoms with Crippen LogP contribution in [0.25, 0.3) is 0 Å². The highest BCUT2D eigenvalue weighted by Gasteiger charge is 2.30. The monoisotopic (exact) mass is 512 g/mol. The molecule has 3 rings (SSSR count). The van der Waals surface area contributed by atoms with Crippen LogP contribution in [0.3, 0.4) is 0 Å². The molecule has 0 saturated carbocycles. The molecule has 0 aromatic heterocycles. The summed E-state index contributed by atoms with van der Waals surface area (Å²) < 4.78 is 6.19. The lowest BCUT2D eigenvalue weighted by Crippen LogP contribution is -2.30. The van der Waals surface area contributed by atoms with Crippen LogP contribution < -0.4 is 5.32 Å². The topological polar surface area (TPSA) is 50.7 Å². The molecule has 1 aliphatic rings. The van der Waals surface area contributed by atoms with E-state index in [0.717, 1.165) is 21.3 Å². The number of hydrogen-bond acceptors (Lipinski definition) is 5. The summed E-state index contributed by atoms with van der Waals surface area (Å²) in [6, 6.07) is 12.8. The van der Waals surface area contributed by atoms with Gasteiger partial charge < -0.3 is 10.1 Å². The number of hydrogen-bond donors (Lipinski definition) is 1. The van der Waals surface area contributed by atoms with Gasteiger partial charge in [0.2, 0.25) is 0 Å². The third-order valence-corrected chi connectivity index (χ3v) is 6.27. The maximum absolute atomic E-state index is 12.6. The Morgan fingerprint density at radius 2 is 2.07 bits per heavy atom. The Bertz CT molecular complexity index is 994. The van der Waals surface area contributed by atoms with Gasteiger partial charge in [-0.15, -0.1) is 0 Å². The predicted octanol–water partition coefficient (Wildman–Crippen LogP) is 6.53. The van der Waals surface area contributed by atoms with Crippen LogP contribution in [0.15, 0.2) is 63.2 Å². The van der Waals surface area contributed by atoms with Crippen LogP contribution in [-0.2, 0) is 15.3 Å². The number of amidine groups is 1. The molecule has 29 heavy (non-hydrogen) atoms. The van der Waals surface area contributed by atoms with Crippen LogP contribution in [0, 0.1) is 0 Å². The van der Waals surface area contributed by atoms with Gasteiger partial charge in [-0.2, -0.15) is 0 Å². The highest BCUT2D eigenvalue weighted by molar-refractivity contribution is 9.10. The van der Waals surface area contributed by atoms with Gasteiger partial charge in [0.15, 0.2) is 5.17 Å². The molecule has 1 heterocycles. The standard InChI is InChI=1S/C21H19BrCl2N2O2S/c1-3-28-20(27)18-12(2)25-21(26-19(18)13-5-4-6-15(22)9-13)29-11-14-7-8-16(23)10-17(14)24/h4-10,19H,3,11H2,1-2H3,(H,25,26)/t19-/m1/s1. The minimum Gasteiger partial charge on any atom is -0.463 e. The molecule has 0 fully saturated rings. The number of rotatable bonds is 5. The van der Waals surface area contributed by atoms with Crippen molar-refractivity contribution in [1.29, 1.82) is 0 Å². The lowest BCUT2D eigenvalue weighted by molar-refractivity contribution is -0.138. The Balaban J connectivity index is 1.89. The van der Waals surface area contributed by atoms with Crippen molar-refractivity contribution >= 4 is 62.0 Å². The van der Waals surface area contributed by atoms with E-state index in [1.54, 1.807) is 13.0 Å². The van der Waals surface area contributed by atoms with Crippen LogP contribution in [0.1, 0.15) is 31.0 Å². The average Bonchev–Trinajstić information content (AvgIpc) is 2.67. The maximum atomic E-state index is 12.6. The van der Waals surface area contributed by atoms with Crippen molar-refractivity contribution in [2.75, 3.05) is 6.61 Å². The normalized spacial score (nSPS) is 16.3. The van der Waals surface area contributed by atoms with E-state index in [9.17, 15) is 4.79 Å². The lowest BCUT2D eigenvalue weighted by Gasteiger charge is -2.26. The van der Waals surface area contributed by atoms with Gasteiger partial charge in [0.25, 0.3) is 0 Å². The summed E-state index contributed by atoms with van der Waals surface area (Å²) >= 11 is 17.3. The van der Waals surface area contributed by atoms with Crippen molar-refractivity contribution in [2.24, 2.45) is 4.99 Å². The molecule has 0 aliphatic carbocycles. The first-order valence-electron chi connectivity index (χ1n) is 8.94. The van der Waals surface area contributed by atoms with Crippen molar-refractivity contribution in [1.82, 2.24) is 5.32 Å². The second-order valence-corrected chi connectivity index (χ2v) is 9.02. The van der Waals surface area contributed by atoms with E-state index < -0.39 is 6.04 Å². The number of aliphatic imine (C=N–C) groups is 1. The van der Waals surface area contributed by atoms with Crippen molar-refractivity contribution in [3.8, 4) is 0 Å². The fourth-order valence-electron chi connectivity index (χ4n) is 2.90. The fourth-order valence-corrected chi connectivity index (χ4v) is 4.82. The molecule has 152 valence electrons. The molecule has 1 N–H and O–H groups in total. The van der Waals surface area contributed by atoms with E-state index in [0.29, 0.717) is 33.1 Å². The fraction of sp³-hybridized carbons (Fsp3) is 0.238. The molecule has 0 saturated heterocycles. The van der Waals surface area contributed by atoms with E-state index in [1.165, 1.54) is 11.8 Å². The highest BCUT2D eigenvalue weighted by atomic mass is 79.9. The van der Waals surface area contributed by atoms with Gasteiger partial charge in [-0.25, -0.2) is 9.79 Å². The second-order valence-electron chi connectivity index (χ2n) is 6.30. The van der Waals surface area contributed by atoms with Gasteiger partial charge in [0.05, 0.1) is 12.2 Å².